The summed E-state index contributed by atoms with van der Waals surface area (Å²) in [4.78, 5) is 30.7. The quantitative estimate of drug-likeness (QED) is 0.713. The van der Waals surface area contributed by atoms with E-state index in [-0.39, 0.29) is 16.7 Å². The van der Waals surface area contributed by atoms with E-state index in [0.717, 1.165) is 16.7 Å². The minimum atomic E-state index is -4.81. The van der Waals surface area contributed by atoms with Crippen LogP contribution >= 0.6 is 12.2 Å². The number of halogens is 3. The van der Waals surface area contributed by atoms with Gasteiger partial charge < -0.3 is 10.2 Å². The lowest BCUT2D eigenvalue weighted by atomic mass is 9.96. The number of thiocarbonyl (C=S) groups is 1. The van der Waals surface area contributed by atoms with Gasteiger partial charge in [0, 0.05) is 18.3 Å². The first-order valence-electron chi connectivity index (χ1n) is 9.17. The highest BCUT2D eigenvalue weighted by atomic mass is 32.1. The van der Waals surface area contributed by atoms with Gasteiger partial charge in [-0.15, -0.1) is 0 Å². The molecule has 0 aliphatic carbocycles. The summed E-state index contributed by atoms with van der Waals surface area (Å²) in [6.45, 7) is 1.37. The van der Waals surface area contributed by atoms with Crippen molar-refractivity contribution in [1.29, 1.82) is 5.26 Å². The summed E-state index contributed by atoms with van der Waals surface area (Å²) in [7, 11) is 0. The Hall–Kier alpha value is -3.52. The predicted octanol–water partition coefficient (Wildman–Crippen LogP) is 3.38. The summed E-state index contributed by atoms with van der Waals surface area (Å²) >= 11 is 5.47. The van der Waals surface area contributed by atoms with Crippen LogP contribution in [0.1, 0.15) is 30.2 Å². The fraction of sp³-hybridized carbons (Fsp3) is 0.250. The average molecular weight is 445 g/mol. The van der Waals surface area contributed by atoms with E-state index in [0.29, 0.717) is 30.3 Å². The zero-order valence-electron chi connectivity index (χ0n) is 16.0. The van der Waals surface area contributed by atoms with Gasteiger partial charge in [0.1, 0.15) is 12.1 Å². The molecule has 2 aromatic rings. The molecule has 158 valence electrons. The molecule has 2 amide bonds. The fourth-order valence-corrected chi connectivity index (χ4v) is 4.23. The second-order valence-electron chi connectivity index (χ2n) is 7.10. The van der Waals surface area contributed by atoms with E-state index >= 15 is 0 Å². The summed E-state index contributed by atoms with van der Waals surface area (Å²) in [5.41, 5.74) is -0.147. The first-order chi connectivity index (χ1) is 14.6. The van der Waals surface area contributed by atoms with Gasteiger partial charge in [0.15, 0.2) is 10.8 Å². The molecule has 1 N–H and O–H groups in total. The number of alkyl halides is 3. The number of pyridine rings is 1. The van der Waals surface area contributed by atoms with Crippen molar-refractivity contribution in [3.8, 4) is 6.07 Å². The number of rotatable bonds is 2. The molecule has 1 saturated heterocycles. The molecule has 31 heavy (non-hydrogen) atoms. The van der Waals surface area contributed by atoms with Gasteiger partial charge in [0.25, 0.3) is 5.91 Å². The third-order valence-electron chi connectivity index (χ3n) is 5.11. The van der Waals surface area contributed by atoms with Gasteiger partial charge in [-0.25, -0.2) is 4.98 Å². The molecule has 11 heteroatoms. The summed E-state index contributed by atoms with van der Waals surface area (Å²) in [6, 6.07) is 6.68. The van der Waals surface area contributed by atoms with E-state index < -0.39 is 29.4 Å². The van der Waals surface area contributed by atoms with Crippen molar-refractivity contribution < 1.29 is 22.8 Å². The molecule has 0 radical (unpaired) electrons. The van der Waals surface area contributed by atoms with Crippen molar-refractivity contribution in [2.24, 2.45) is 0 Å². The van der Waals surface area contributed by atoms with Crippen LogP contribution in [0.25, 0.3) is 0 Å². The molecule has 3 heterocycles. The summed E-state index contributed by atoms with van der Waals surface area (Å²) in [5, 5.41) is 11.6. The molecule has 1 unspecified atom stereocenters. The predicted molar refractivity (Wildman–Crippen MR) is 109 cm³/mol. The Morgan fingerprint density at radius 2 is 2.10 bits per heavy atom. The van der Waals surface area contributed by atoms with Crippen molar-refractivity contribution in [1.82, 2.24) is 4.98 Å². The number of aromatic nitrogens is 1. The molecular formula is C20H14F3N5O2S. The van der Waals surface area contributed by atoms with Crippen molar-refractivity contribution in [3.63, 3.8) is 0 Å². The number of hydrogen-bond acceptors (Lipinski definition) is 5. The maximum Gasteiger partial charge on any atom is 0.419 e. The van der Waals surface area contributed by atoms with Crippen molar-refractivity contribution >= 4 is 46.2 Å². The average Bonchev–Trinajstić information content (AvgIpc) is 2.97. The van der Waals surface area contributed by atoms with Gasteiger partial charge in [0.2, 0.25) is 5.91 Å². The molecule has 1 fully saturated rings. The van der Waals surface area contributed by atoms with E-state index in [1.165, 1.54) is 13.0 Å². The molecular weight excluding hydrogens is 431 g/mol. The Morgan fingerprint density at radius 3 is 2.74 bits per heavy atom. The highest BCUT2D eigenvalue weighted by Gasteiger charge is 2.47. The van der Waals surface area contributed by atoms with E-state index in [1.54, 1.807) is 17.0 Å². The van der Waals surface area contributed by atoms with Crippen LogP contribution in [-0.4, -0.2) is 28.0 Å². The largest absolute Gasteiger partial charge is 0.419 e. The summed E-state index contributed by atoms with van der Waals surface area (Å²) in [6.07, 6.45) is -2.79. The van der Waals surface area contributed by atoms with Crippen LogP contribution in [0, 0.1) is 11.3 Å². The number of carbonyl (C=O) groups excluding carboxylic acids is 2. The van der Waals surface area contributed by atoms with Gasteiger partial charge in [-0.05, 0) is 48.8 Å². The minimum Gasteiger partial charge on any atom is -0.326 e. The number of benzene rings is 1. The van der Waals surface area contributed by atoms with E-state index in [9.17, 15) is 22.8 Å². The van der Waals surface area contributed by atoms with Gasteiger partial charge in [-0.2, -0.15) is 18.4 Å². The molecule has 4 rings (SSSR count). The zero-order chi connectivity index (χ0) is 22.5. The monoisotopic (exact) mass is 445 g/mol. The van der Waals surface area contributed by atoms with Gasteiger partial charge in [-0.1, -0.05) is 6.07 Å². The first-order valence-corrected chi connectivity index (χ1v) is 9.57. The fourth-order valence-electron chi connectivity index (χ4n) is 3.81. The minimum absolute atomic E-state index is 0.00978. The SMILES string of the molecule is CC(=O)Nc1ccc2c(c1)N1C(=S)N(c3cnc(C#N)c(C(F)(F)F)c3)C(=O)C1CC2. The van der Waals surface area contributed by atoms with E-state index in [2.05, 4.69) is 10.3 Å². The van der Waals surface area contributed by atoms with Crippen LogP contribution in [-0.2, 0) is 22.2 Å². The van der Waals surface area contributed by atoms with Crippen LogP contribution < -0.4 is 15.1 Å². The lowest BCUT2D eigenvalue weighted by molar-refractivity contribution is -0.138. The van der Waals surface area contributed by atoms with E-state index in [1.807, 2.05) is 6.07 Å². The molecule has 2 aliphatic heterocycles. The molecule has 2 aliphatic rings. The highest BCUT2D eigenvalue weighted by Crippen LogP contribution is 2.40. The number of fused-ring (bicyclic) bond motifs is 3. The van der Waals surface area contributed by atoms with Crippen LogP contribution in [0.3, 0.4) is 0 Å². The van der Waals surface area contributed by atoms with E-state index in [4.69, 9.17) is 17.5 Å². The number of nitrogens with zero attached hydrogens (tertiary/aromatic N) is 4. The standard InChI is InChI=1S/C20H14F3N5O2S/c1-10(29)26-12-4-2-11-3-5-16-18(30)27(19(31)28(16)17(11)6-12)13-7-14(20(21,22)23)15(8-24)25-9-13/h2,4,6-7,9,16H,3,5H2,1H3,(H,26,29). The molecule has 0 spiro atoms. The van der Waals surface area contributed by atoms with Crippen molar-refractivity contribution in [3.05, 3.63) is 47.3 Å². The number of amides is 2. The van der Waals surface area contributed by atoms with Crippen LogP contribution in [0.15, 0.2) is 30.5 Å². The lowest BCUT2D eigenvalue weighted by Gasteiger charge is -2.31. The molecule has 0 saturated carbocycles. The molecule has 1 aromatic carbocycles. The highest BCUT2D eigenvalue weighted by molar-refractivity contribution is 7.81. The van der Waals surface area contributed by atoms with Gasteiger partial charge >= 0.3 is 6.18 Å². The number of aryl methyl sites for hydroxylation is 1. The molecule has 7 nitrogen and oxygen atoms in total. The Kier molecular flexibility index (Phi) is 4.89. The maximum absolute atomic E-state index is 13.4. The molecule has 1 atom stereocenters. The van der Waals surface area contributed by atoms with Crippen LogP contribution in [0.5, 0.6) is 0 Å². The first kappa shape index (κ1) is 20.7. The number of nitrogens with one attached hydrogen (secondary N) is 1. The number of carbonyl (C=O) groups is 2. The van der Waals surface area contributed by atoms with Crippen LogP contribution in [0.4, 0.5) is 30.2 Å². The maximum atomic E-state index is 13.4. The molecule has 0 bridgehead atoms. The van der Waals surface area contributed by atoms with Crippen molar-refractivity contribution in [2.45, 2.75) is 32.0 Å². The third-order valence-corrected chi connectivity index (χ3v) is 5.49. The number of anilines is 3. The Balaban J connectivity index is 1.77. The summed E-state index contributed by atoms with van der Waals surface area (Å²) < 4.78 is 40.1. The zero-order valence-corrected chi connectivity index (χ0v) is 16.8. The summed E-state index contributed by atoms with van der Waals surface area (Å²) in [5.74, 6) is -0.738. The number of nitriles is 1. The smallest absolute Gasteiger partial charge is 0.326 e. The Morgan fingerprint density at radius 1 is 1.35 bits per heavy atom. The number of hydrogen-bond donors (Lipinski definition) is 1. The molecule has 1 aromatic heterocycles. The van der Waals surface area contributed by atoms with Crippen molar-refractivity contribution in [2.75, 3.05) is 15.1 Å². The third kappa shape index (κ3) is 3.48. The van der Waals surface area contributed by atoms with Crippen LogP contribution in [0.2, 0.25) is 0 Å². The topological polar surface area (TPSA) is 89.3 Å². The second kappa shape index (κ2) is 7.31. The normalized spacial score (nSPS) is 17.8. The van der Waals surface area contributed by atoms with Gasteiger partial charge in [0.05, 0.1) is 17.4 Å². The Labute approximate surface area is 180 Å². The Bertz CT molecular complexity index is 1170. The lowest BCUT2D eigenvalue weighted by Crippen LogP contribution is -2.39. The van der Waals surface area contributed by atoms with Gasteiger partial charge in [-0.3, -0.25) is 14.5 Å². The second-order valence-corrected chi connectivity index (χ2v) is 7.47.